The molecule has 0 saturated carbocycles. The van der Waals surface area contributed by atoms with Gasteiger partial charge in [0.2, 0.25) is 0 Å². The van der Waals surface area contributed by atoms with E-state index in [1.165, 1.54) is 0 Å². The number of hydrogen-bond donors (Lipinski definition) is 2. The Morgan fingerprint density at radius 2 is 2.06 bits per heavy atom. The van der Waals surface area contributed by atoms with Gasteiger partial charge in [0, 0.05) is 25.2 Å². The summed E-state index contributed by atoms with van der Waals surface area (Å²) < 4.78 is 0. The molecule has 1 aromatic heterocycles. The summed E-state index contributed by atoms with van der Waals surface area (Å²) in [7, 11) is 2.00. The molecule has 0 radical (unpaired) electrons. The van der Waals surface area contributed by atoms with E-state index in [-0.39, 0.29) is 5.54 Å². The molecule has 1 saturated heterocycles. The van der Waals surface area contributed by atoms with Crippen LogP contribution < -0.4 is 15.5 Å². The van der Waals surface area contributed by atoms with Gasteiger partial charge in [-0.15, -0.1) is 0 Å². The van der Waals surface area contributed by atoms with Crippen molar-refractivity contribution in [1.29, 1.82) is 0 Å². The minimum Gasteiger partial charge on any atom is -0.368 e. The van der Waals surface area contributed by atoms with E-state index in [1.54, 1.807) is 6.33 Å². The highest BCUT2D eigenvalue weighted by molar-refractivity contribution is 5.51. The molecule has 0 aliphatic carbocycles. The molecule has 17 heavy (non-hydrogen) atoms. The molecule has 94 valence electrons. The summed E-state index contributed by atoms with van der Waals surface area (Å²) in [5, 5.41) is 6.61. The third-order valence-electron chi connectivity index (χ3n) is 3.10. The molecule has 2 rings (SSSR count). The van der Waals surface area contributed by atoms with E-state index in [0.717, 1.165) is 24.7 Å². The smallest absolute Gasteiger partial charge is 0.134 e. The quantitative estimate of drug-likeness (QED) is 0.818. The van der Waals surface area contributed by atoms with Crippen molar-refractivity contribution < 1.29 is 0 Å². The van der Waals surface area contributed by atoms with Crippen molar-refractivity contribution in [2.45, 2.75) is 32.4 Å². The Labute approximate surface area is 103 Å². The van der Waals surface area contributed by atoms with Gasteiger partial charge in [-0.3, -0.25) is 0 Å². The van der Waals surface area contributed by atoms with Gasteiger partial charge in [0.05, 0.1) is 5.54 Å². The molecule has 5 nitrogen and oxygen atoms in total. The first-order valence-electron chi connectivity index (χ1n) is 6.05. The Balaban J connectivity index is 2.03. The number of likely N-dealkylation sites (N-methyl/N-ethyl adjacent to an activating group) is 1. The van der Waals surface area contributed by atoms with Gasteiger partial charge in [-0.05, 0) is 27.8 Å². The molecule has 2 heterocycles. The van der Waals surface area contributed by atoms with E-state index in [9.17, 15) is 0 Å². The normalized spacial score (nSPS) is 18.1. The van der Waals surface area contributed by atoms with Gasteiger partial charge in [0.1, 0.15) is 18.0 Å². The summed E-state index contributed by atoms with van der Waals surface area (Å²) in [5.41, 5.74) is 0.219. The molecule has 0 aromatic carbocycles. The van der Waals surface area contributed by atoms with Crippen LogP contribution in [0.4, 0.5) is 11.6 Å². The molecule has 1 fully saturated rings. The SMILES string of the molecule is CNC1(C)CN(c2cc(NC(C)C)ncn2)C1. The molecule has 0 atom stereocenters. The second kappa shape index (κ2) is 4.49. The van der Waals surface area contributed by atoms with Gasteiger partial charge in [0.25, 0.3) is 0 Å². The maximum absolute atomic E-state index is 4.32. The fourth-order valence-corrected chi connectivity index (χ4v) is 2.01. The van der Waals surface area contributed by atoms with Crippen molar-refractivity contribution in [3.63, 3.8) is 0 Å². The van der Waals surface area contributed by atoms with Crippen LogP contribution in [0, 0.1) is 0 Å². The zero-order valence-corrected chi connectivity index (χ0v) is 11.0. The van der Waals surface area contributed by atoms with Crippen molar-refractivity contribution in [2.75, 3.05) is 30.4 Å². The predicted octanol–water partition coefficient (Wildman–Crippen LogP) is 1.09. The summed E-state index contributed by atoms with van der Waals surface area (Å²) in [5.74, 6) is 1.89. The van der Waals surface area contributed by atoms with Gasteiger partial charge in [0.15, 0.2) is 0 Å². The van der Waals surface area contributed by atoms with E-state index < -0.39 is 0 Å². The summed E-state index contributed by atoms with van der Waals surface area (Å²) >= 11 is 0. The standard InChI is InChI=1S/C12H21N5/c1-9(2)16-10-5-11(15-8-14-10)17-6-12(3,7-17)13-4/h5,8-9,13H,6-7H2,1-4H3,(H,14,15,16). The number of aromatic nitrogens is 2. The van der Waals surface area contributed by atoms with Crippen molar-refractivity contribution in [3.05, 3.63) is 12.4 Å². The van der Waals surface area contributed by atoms with Crippen LogP contribution in [0.1, 0.15) is 20.8 Å². The van der Waals surface area contributed by atoms with Gasteiger partial charge in [-0.1, -0.05) is 0 Å². The van der Waals surface area contributed by atoms with Crippen LogP contribution in [-0.4, -0.2) is 41.7 Å². The van der Waals surface area contributed by atoms with Crippen LogP contribution >= 0.6 is 0 Å². The number of rotatable bonds is 4. The topological polar surface area (TPSA) is 53.1 Å². The van der Waals surface area contributed by atoms with Crippen LogP contribution in [0.15, 0.2) is 12.4 Å². The van der Waals surface area contributed by atoms with Crippen LogP contribution in [0.25, 0.3) is 0 Å². The summed E-state index contributed by atoms with van der Waals surface area (Å²) in [4.78, 5) is 10.8. The van der Waals surface area contributed by atoms with Gasteiger partial charge in [-0.2, -0.15) is 0 Å². The highest BCUT2D eigenvalue weighted by Crippen LogP contribution is 2.26. The third kappa shape index (κ3) is 2.66. The fraction of sp³-hybridized carbons (Fsp3) is 0.667. The molecule has 0 spiro atoms. The lowest BCUT2D eigenvalue weighted by atomic mass is 9.92. The molecular weight excluding hydrogens is 214 g/mol. The molecule has 5 heteroatoms. The Hall–Kier alpha value is -1.36. The second-order valence-corrected chi connectivity index (χ2v) is 5.23. The largest absolute Gasteiger partial charge is 0.368 e. The first-order valence-corrected chi connectivity index (χ1v) is 6.05. The maximum Gasteiger partial charge on any atom is 0.134 e. The second-order valence-electron chi connectivity index (χ2n) is 5.23. The van der Waals surface area contributed by atoms with Crippen LogP contribution in [0.2, 0.25) is 0 Å². The van der Waals surface area contributed by atoms with Crippen LogP contribution in [0.3, 0.4) is 0 Å². The highest BCUT2D eigenvalue weighted by atomic mass is 15.3. The molecule has 1 aliphatic heterocycles. The zero-order chi connectivity index (χ0) is 12.5. The Bertz CT molecular complexity index is 384. The third-order valence-corrected chi connectivity index (χ3v) is 3.10. The minimum atomic E-state index is 0.219. The average Bonchev–Trinajstić information content (AvgIpc) is 2.24. The summed E-state index contributed by atoms with van der Waals surface area (Å²) in [6, 6.07) is 2.40. The zero-order valence-electron chi connectivity index (χ0n) is 11.0. The fourth-order valence-electron chi connectivity index (χ4n) is 2.01. The van der Waals surface area contributed by atoms with E-state index in [4.69, 9.17) is 0 Å². The minimum absolute atomic E-state index is 0.219. The molecule has 0 bridgehead atoms. The lowest BCUT2D eigenvalue weighted by Gasteiger charge is -2.48. The predicted molar refractivity (Wildman–Crippen MR) is 70.5 cm³/mol. The van der Waals surface area contributed by atoms with E-state index >= 15 is 0 Å². The molecular formula is C12H21N5. The van der Waals surface area contributed by atoms with E-state index in [2.05, 4.69) is 46.3 Å². The maximum atomic E-state index is 4.32. The van der Waals surface area contributed by atoms with Gasteiger partial charge < -0.3 is 15.5 Å². The molecule has 1 aliphatic rings. The number of nitrogens with one attached hydrogen (secondary N) is 2. The Morgan fingerprint density at radius 1 is 1.35 bits per heavy atom. The molecule has 0 unspecified atom stereocenters. The van der Waals surface area contributed by atoms with Gasteiger partial charge >= 0.3 is 0 Å². The molecule has 2 N–H and O–H groups in total. The monoisotopic (exact) mass is 235 g/mol. The lowest BCUT2D eigenvalue weighted by molar-refractivity contribution is 0.301. The van der Waals surface area contributed by atoms with Crippen LogP contribution in [-0.2, 0) is 0 Å². The van der Waals surface area contributed by atoms with Crippen molar-refractivity contribution in [3.8, 4) is 0 Å². The van der Waals surface area contributed by atoms with Crippen LogP contribution in [0.5, 0.6) is 0 Å². The van der Waals surface area contributed by atoms with E-state index in [1.807, 2.05) is 13.1 Å². The van der Waals surface area contributed by atoms with Crippen molar-refractivity contribution in [2.24, 2.45) is 0 Å². The first-order chi connectivity index (χ1) is 8.02. The number of nitrogens with zero attached hydrogens (tertiary/aromatic N) is 3. The first kappa shape index (κ1) is 12.1. The average molecular weight is 235 g/mol. The lowest BCUT2D eigenvalue weighted by Crippen LogP contribution is -2.67. The van der Waals surface area contributed by atoms with Crippen molar-refractivity contribution in [1.82, 2.24) is 15.3 Å². The summed E-state index contributed by atoms with van der Waals surface area (Å²) in [6.07, 6.45) is 1.62. The number of hydrogen-bond acceptors (Lipinski definition) is 5. The molecule has 0 amide bonds. The summed E-state index contributed by atoms with van der Waals surface area (Å²) in [6.45, 7) is 8.40. The Morgan fingerprint density at radius 3 is 2.65 bits per heavy atom. The highest BCUT2D eigenvalue weighted by Gasteiger charge is 2.37. The Kier molecular flexibility index (Phi) is 3.19. The van der Waals surface area contributed by atoms with E-state index in [0.29, 0.717) is 6.04 Å². The molecule has 1 aromatic rings. The van der Waals surface area contributed by atoms with Gasteiger partial charge in [-0.25, -0.2) is 9.97 Å². The van der Waals surface area contributed by atoms with Crippen molar-refractivity contribution >= 4 is 11.6 Å². The number of anilines is 2.